The second-order valence-corrected chi connectivity index (χ2v) is 4.70. The first kappa shape index (κ1) is 13.6. The van der Waals surface area contributed by atoms with E-state index in [1.54, 1.807) is 0 Å². The molecule has 0 bridgehead atoms. The highest BCUT2D eigenvalue weighted by Crippen LogP contribution is 2.18. The third-order valence-corrected chi connectivity index (χ3v) is 3.37. The monoisotopic (exact) mass is 289 g/mol. The zero-order valence-electron chi connectivity index (χ0n) is 9.89. The molecular formula is C11H10F3N3OS. The van der Waals surface area contributed by atoms with Crippen LogP contribution in [0.4, 0.5) is 13.2 Å². The summed E-state index contributed by atoms with van der Waals surface area (Å²) in [6, 6.07) is 1.19. The van der Waals surface area contributed by atoms with Gasteiger partial charge in [0, 0.05) is 19.4 Å². The number of rotatable bonds is 4. The van der Waals surface area contributed by atoms with Crippen molar-refractivity contribution in [3.63, 3.8) is 0 Å². The molecule has 0 aromatic carbocycles. The Hall–Kier alpha value is -1.83. The van der Waals surface area contributed by atoms with Crippen LogP contribution in [0.3, 0.4) is 0 Å². The molecule has 0 aliphatic carbocycles. The molecule has 0 fully saturated rings. The molecule has 0 saturated heterocycles. The van der Waals surface area contributed by atoms with Gasteiger partial charge < -0.3 is 4.90 Å². The molecule has 0 atom stereocenters. The van der Waals surface area contributed by atoms with Crippen molar-refractivity contribution in [3.05, 3.63) is 40.4 Å². The predicted molar refractivity (Wildman–Crippen MR) is 63.6 cm³/mol. The molecular weight excluding hydrogens is 279 g/mol. The minimum Gasteiger partial charge on any atom is -0.333 e. The smallest absolute Gasteiger partial charge is 0.319 e. The zero-order valence-corrected chi connectivity index (χ0v) is 10.7. The standard InChI is InChI=1S/C11H10F3N3OS/c1-16(10(18)9-7(12)2-5-19-9)6-8-15-3-4-17(8)11(13)14/h2-5,11H,6H2,1H3. The van der Waals surface area contributed by atoms with Gasteiger partial charge in [-0.15, -0.1) is 11.3 Å². The van der Waals surface area contributed by atoms with E-state index >= 15 is 0 Å². The number of halogens is 3. The van der Waals surface area contributed by atoms with Crippen LogP contribution in [-0.2, 0) is 6.54 Å². The highest BCUT2D eigenvalue weighted by molar-refractivity contribution is 7.12. The van der Waals surface area contributed by atoms with Crippen molar-refractivity contribution < 1.29 is 18.0 Å². The van der Waals surface area contributed by atoms with E-state index in [0.29, 0.717) is 4.57 Å². The number of imidazole rings is 1. The Labute approximate surface area is 111 Å². The molecule has 0 unspecified atom stereocenters. The number of amides is 1. The number of aromatic nitrogens is 2. The molecule has 102 valence electrons. The number of carbonyl (C=O) groups is 1. The summed E-state index contributed by atoms with van der Waals surface area (Å²) in [5.74, 6) is -1.13. The van der Waals surface area contributed by atoms with Gasteiger partial charge in [-0.1, -0.05) is 0 Å². The van der Waals surface area contributed by atoms with E-state index in [0.717, 1.165) is 22.4 Å². The van der Waals surface area contributed by atoms with Gasteiger partial charge in [0.25, 0.3) is 5.91 Å². The third kappa shape index (κ3) is 2.78. The van der Waals surface area contributed by atoms with Crippen molar-refractivity contribution in [2.45, 2.75) is 13.1 Å². The first-order valence-electron chi connectivity index (χ1n) is 5.29. The summed E-state index contributed by atoms with van der Waals surface area (Å²) in [6.45, 7) is -2.84. The van der Waals surface area contributed by atoms with Crippen LogP contribution in [0.1, 0.15) is 22.0 Å². The Kier molecular flexibility index (Phi) is 3.89. The highest BCUT2D eigenvalue weighted by atomic mass is 32.1. The summed E-state index contributed by atoms with van der Waals surface area (Å²) in [4.78, 5) is 16.8. The second kappa shape index (κ2) is 5.43. The lowest BCUT2D eigenvalue weighted by molar-refractivity contribution is 0.0612. The number of alkyl halides is 2. The summed E-state index contributed by atoms with van der Waals surface area (Å²) in [5, 5.41) is 1.45. The quantitative estimate of drug-likeness (QED) is 0.868. The fraction of sp³-hybridized carbons (Fsp3) is 0.273. The van der Waals surface area contributed by atoms with Crippen molar-refractivity contribution >= 4 is 17.2 Å². The molecule has 4 nitrogen and oxygen atoms in total. The van der Waals surface area contributed by atoms with E-state index in [-0.39, 0.29) is 17.2 Å². The van der Waals surface area contributed by atoms with Gasteiger partial charge in [0.2, 0.25) is 0 Å². The molecule has 0 spiro atoms. The molecule has 0 aliphatic rings. The van der Waals surface area contributed by atoms with Crippen LogP contribution < -0.4 is 0 Å². The van der Waals surface area contributed by atoms with Crippen LogP contribution in [-0.4, -0.2) is 27.4 Å². The van der Waals surface area contributed by atoms with Gasteiger partial charge in [0.1, 0.15) is 16.5 Å². The molecule has 2 aromatic heterocycles. The number of nitrogens with zero attached hydrogens (tertiary/aromatic N) is 3. The van der Waals surface area contributed by atoms with E-state index in [4.69, 9.17) is 0 Å². The lowest BCUT2D eigenvalue weighted by Gasteiger charge is -2.16. The van der Waals surface area contributed by atoms with Crippen molar-refractivity contribution in [3.8, 4) is 0 Å². The third-order valence-electron chi connectivity index (χ3n) is 2.50. The van der Waals surface area contributed by atoms with Gasteiger partial charge in [-0.3, -0.25) is 9.36 Å². The van der Waals surface area contributed by atoms with E-state index < -0.39 is 18.3 Å². The summed E-state index contributed by atoms with van der Waals surface area (Å²) in [5.41, 5.74) is 0. The Morgan fingerprint density at radius 3 is 2.89 bits per heavy atom. The topological polar surface area (TPSA) is 38.1 Å². The minimum atomic E-state index is -2.72. The van der Waals surface area contributed by atoms with E-state index in [2.05, 4.69) is 4.98 Å². The van der Waals surface area contributed by atoms with Crippen molar-refractivity contribution in [1.82, 2.24) is 14.5 Å². The summed E-state index contributed by atoms with van der Waals surface area (Å²) < 4.78 is 39.2. The molecule has 0 saturated carbocycles. The Balaban J connectivity index is 2.13. The van der Waals surface area contributed by atoms with Gasteiger partial charge in [-0.2, -0.15) is 8.78 Å². The van der Waals surface area contributed by atoms with Gasteiger partial charge in [0.05, 0.1) is 6.54 Å². The molecule has 0 radical (unpaired) electrons. The number of hydrogen-bond acceptors (Lipinski definition) is 3. The maximum atomic E-state index is 13.3. The van der Waals surface area contributed by atoms with E-state index in [1.807, 2.05) is 0 Å². The molecule has 19 heavy (non-hydrogen) atoms. The maximum Gasteiger partial charge on any atom is 0.319 e. The largest absolute Gasteiger partial charge is 0.333 e. The average Bonchev–Trinajstić information content (AvgIpc) is 2.96. The van der Waals surface area contributed by atoms with Crippen LogP contribution >= 0.6 is 11.3 Å². The molecule has 0 aliphatic heterocycles. The van der Waals surface area contributed by atoms with Gasteiger partial charge in [0.15, 0.2) is 0 Å². The molecule has 2 aromatic rings. The summed E-state index contributed by atoms with van der Waals surface area (Å²) in [6.07, 6.45) is 2.36. The van der Waals surface area contributed by atoms with Crippen molar-refractivity contribution in [2.75, 3.05) is 7.05 Å². The van der Waals surface area contributed by atoms with E-state index in [1.165, 1.54) is 24.7 Å². The van der Waals surface area contributed by atoms with Crippen molar-refractivity contribution in [1.29, 1.82) is 0 Å². The van der Waals surface area contributed by atoms with Crippen LogP contribution in [0.15, 0.2) is 23.8 Å². The Bertz CT molecular complexity index is 581. The predicted octanol–water partition coefficient (Wildman–Crippen LogP) is 2.75. The van der Waals surface area contributed by atoms with Gasteiger partial charge >= 0.3 is 6.55 Å². The maximum absolute atomic E-state index is 13.3. The number of hydrogen-bond donors (Lipinski definition) is 0. The molecule has 8 heteroatoms. The lowest BCUT2D eigenvalue weighted by Crippen LogP contribution is -2.27. The summed E-state index contributed by atoms with van der Waals surface area (Å²) in [7, 11) is 1.41. The minimum absolute atomic E-state index is 0.0438. The Morgan fingerprint density at radius 1 is 1.58 bits per heavy atom. The highest BCUT2D eigenvalue weighted by Gasteiger charge is 2.20. The molecule has 2 heterocycles. The lowest BCUT2D eigenvalue weighted by atomic mass is 10.4. The normalized spacial score (nSPS) is 11.0. The average molecular weight is 289 g/mol. The molecule has 1 amide bonds. The van der Waals surface area contributed by atoms with Crippen LogP contribution in [0.25, 0.3) is 0 Å². The fourth-order valence-corrected chi connectivity index (χ4v) is 2.31. The van der Waals surface area contributed by atoms with Crippen molar-refractivity contribution in [2.24, 2.45) is 0 Å². The second-order valence-electron chi connectivity index (χ2n) is 3.79. The summed E-state index contributed by atoms with van der Waals surface area (Å²) >= 11 is 0.968. The SMILES string of the molecule is CN(Cc1nccn1C(F)F)C(=O)c1sccc1F. The first-order chi connectivity index (χ1) is 9.00. The zero-order chi connectivity index (χ0) is 14.0. The number of thiophene rings is 1. The molecule has 2 rings (SSSR count). The molecule has 0 N–H and O–H groups in total. The first-order valence-corrected chi connectivity index (χ1v) is 6.17. The van der Waals surface area contributed by atoms with Crippen LogP contribution in [0.5, 0.6) is 0 Å². The Morgan fingerprint density at radius 2 is 2.32 bits per heavy atom. The van der Waals surface area contributed by atoms with Gasteiger partial charge in [-0.25, -0.2) is 9.37 Å². The van der Waals surface area contributed by atoms with Gasteiger partial charge in [-0.05, 0) is 11.4 Å². The fourth-order valence-electron chi connectivity index (χ4n) is 1.55. The number of carbonyl (C=O) groups excluding carboxylic acids is 1. The van der Waals surface area contributed by atoms with E-state index in [9.17, 15) is 18.0 Å². The van der Waals surface area contributed by atoms with Crippen LogP contribution in [0, 0.1) is 5.82 Å². The van der Waals surface area contributed by atoms with Crippen LogP contribution in [0.2, 0.25) is 0 Å².